The second-order valence-corrected chi connectivity index (χ2v) is 25.8. The number of nitrogens with two attached hydrogens (primary N) is 3. The lowest BCUT2D eigenvalue weighted by Gasteiger charge is -2.31. The summed E-state index contributed by atoms with van der Waals surface area (Å²) < 4.78 is 0. The highest BCUT2D eigenvalue weighted by molar-refractivity contribution is 7.81. The SMILES string of the molecule is CC(C)C[C@H](NC(=O)[C@H](CCC(N)=O)NC(=O)[C@H](CS)NC(=O)[C@@H](N)CS)C(=O)N[C@@H](CS)C(=O)N[C@@H](CS)C(=O)N[C@@H](CC(N)=O)C(=O)N1CCC[C@H]1C(=O)N[C@@H](CC(C)C)C(=O)N[C@@H](CS)C(=O)N[C@@H](C)C(=O)NCC(=O)N[C@@H](CS)C(=O)N[C@@H](Cc1ccc(O)cc1)C(=O)O. The van der Waals surface area contributed by atoms with Crippen molar-refractivity contribution in [1.82, 2.24) is 68.7 Å². The van der Waals surface area contributed by atoms with Gasteiger partial charge >= 0.3 is 5.97 Å². The molecule has 0 radical (unpaired) electrons. The molecule has 1 fully saturated rings. The average molecular weight is 1490 g/mol. The van der Waals surface area contributed by atoms with Gasteiger partial charge < -0.3 is 96.1 Å². The maximum absolute atomic E-state index is 14.3. The molecule has 1 aliphatic rings. The predicted molar refractivity (Wildman–Crippen MR) is 376 cm³/mol. The Kier molecular flexibility index (Phi) is 38.8. The van der Waals surface area contributed by atoms with Crippen LogP contribution in [0.1, 0.15) is 85.1 Å². The summed E-state index contributed by atoms with van der Waals surface area (Å²) in [7, 11) is 0. The Morgan fingerprint density at radius 3 is 1.33 bits per heavy atom. The predicted octanol–water partition coefficient (Wildman–Crippen LogP) is -6.38. The lowest BCUT2D eigenvalue weighted by molar-refractivity contribution is -0.143. The number of nitrogens with one attached hydrogen (secondary N) is 12. The van der Waals surface area contributed by atoms with E-state index >= 15 is 0 Å². The van der Waals surface area contributed by atoms with Crippen LogP contribution >= 0.6 is 75.8 Å². The molecule has 0 bridgehead atoms. The number of rotatable bonds is 43. The van der Waals surface area contributed by atoms with E-state index in [9.17, 15) is 86.9 Å². The molecule has 548 valence electrons. The first-order chi connectivity index (χ1) is 46.0. The van der Waals surface area contributed by atoms with Gasteiger partial charge in [0.2, 0.25) is 88.6 Å². The number of hydrogen-bond donors (Lipinski definition) is 23. The van der Waals surface area contributed by atoms with Crippen molar-refractivity contribution in [2.75, 3.05) is 47.6 Å². The van der Waals surface area contributed by atoms with Crippen molar-refractivity contribution in [1.29, 1.82) is 0 Å². The summed E-state index contributed by atoms with van der Waals surface area (Å²) in [6.07, 6.45) is -1.45. The Hall–Kier alpha value is -7.40. The number of thiol groups is 6. The van der Waals surface area contributed by atoms with Crippen molar-refractivity contribution in [2.24, 2.45) is 29.0 Å². The summed E-state index contributed by atoms with van der Waals surface area (Å²) in [5, 5.41) is 48.4. The smallest absolute Gasteiger partial charge is 0.326 e. The van der Waals surface area contributed by atoms with Crippen molar-refractivity contribution in [3.05, 3.63) is 29.8 Å². The first kappa shape index (κ1) is 86.7. The number of carboxylic acids is 1. The number of phenols is 1. The maximum atomic E-state index is 14.3. The van der Waals surface area contributed by atoms with Gasteiger partial charge in [-0.15, -0.1) is 0 Å². The molecule has 1 aliphatic heterocycles. The molecule has 1 saturated heterocycles. The van der Waals surface area contributed by atoms with Crippen LogP contribution in [0.2, 0.25) is 0 Å². The standard InChI is InChI=1S/C58H92N16O18S6/c1-26(2)15-33(66-48(81)32(12-13-43(60)76)65-53(86)39(23-96)70-47(80)31(59)20-93)49(82)72-41(25-98)55(88)73-40(24-97)54(87)68-35(18-44(61)77)57(90)74-14-6-7-42(74)56(89)67-34(16-27(3)4)50(83)71-38(22-95)51(84)63-28(5)46(79)62-19-45(78)64-37(21-94)52(85)69-36(58(91)92)17-29-8-10-30(75)11-9-29/h8-11,26-28,31-42,75,93-98H,6-7,12-25,59H2,1-5H3,(H2,60,76)(H2,61,77)(H,62,79)(H,63,84)(H,64,78)(H,65,86)(H,66,81)(H,67,89)(H,68,87)(H,69,85)(H,70,80)(H,71,83)(H,72,82)(H,73,88)(H,91,92)/t28-,31-,32-,33-,34-,35-,36-,37-,38-,39-,40-,41-,42-/m0/s1. The van der Waals surface area contributed by atoms with E-state index in [1.54, 1.807) is 27.7 Å². The van der Waals surface area contributed by atoms with E-state index in [0.717, 1.165) is 4.90 Å². The van der Waals surface area contributed by atoms with Crippen LogP contribution in [0.4, 0.5) is 0 Å². The molecule has 34 nitrogen and oxygen atoms in total. The minimum Gasteiger partial charge on any atom is -0.508 e. The summed E-state index contributed by atoms with van der Waals surface area (Å²) in [5.41, 5.74) is 17.1. The van der Waals surface area contributed by atoms with Crippen molar-refractivity contribution in [2.45, 2.75) is 165 Å². The number of benzene rings is 1. The van der Waals surface area contributed by atoms with Gasteiger partial charge in [0.15, 0.2) is 0 Å². The largest absolute Gasteiger partial charge is 0.508 e. The topological polar surface area (TPSA) is 539 Å². The molecule has 15 amide bonds. The van der Waals surface area contributed by atoms with Gasteiger partial charge in [0, 0.05) is 53.9 Å². The molecule has 1 aromatic rings. The van der Waals surface area contributed by atoms with Crippen LogP contribution in [0.3, 0.4) is 0 Å². The Balaban J connectivity index is 2.17. The first-order valence-electron chi connectivity index (χ1n) is 30.9. The van der Waals surface area contributed by atoms with Crippen molar-refractivity contribution >= 4 is 170 Å². The molecular formula is C58H92N16O18S6. The zero-order chi connectivity index (χ0) is 74.3. The van der Waals surface area contributed by atoms with E-state index in [4.69, 9.17) is 17.2 Å². The van der Waals surface area contributed by atoms with E-state index in [-0.39, 0.29) is 91.4 Å². The number of nitrogens with zero attached hydrogens (tertiary/aromatic N) is 1. The van der Waals surface area contributed by atoms with E-state index in [1.807, 2.05) is 0 Å². The summed E-state index contributed by atoms with van der Waals surface area (Å²) in [4.78, 5) is 213. The Labute approximate surface area is 599 Å². The third-order valence-electron chi connectivity index (χ3n) is 14.6. The second-order valence-electron chi connectivity index (χ2n) is 23.7. The second kappa shape index (κ2) is 43.9. The Morgan fingerprint density at radius 1 is 0.490 bits per heavy atom. The molecule has 0 saturated carbocycles. The zero-order valence-electron chi connectivity index (χ0n) is 54.6. The van der Waals surface area contributed by atoms with Crippen molar-refractivity contribution in [3.8, 4) is 5.75 Å². The number of primary amides is 2. The molecule has 0 aromatic heterocycles. The number of aliphatic carboxylic acids is 1. The van der Waals surface area contributed by atoms with Gasteiger partial charge in [-0.2, -0.15) is 75.8 Å². The monoisotopic (exact) mass is 1490 g/mol. The van der Waals surface area contributed by atoms with Crippen molar-refractivity contribution in [3.63, 3.8) is 0 Å². The molecule has 20 N–H and O–H groups in total. The van der Waals surface area contributed by atoms with Crippen molar-refractivity contribution < 1.29 is 86.9 Å². The van der Waals surface area contributed by atoms with Gasteiger partial charge in [0.1, 0.15) is 78.3 Å². The quantitative estimate of drug-likeness (QED) is 0.0270. The molecule has 13 atom stereocenters. The van der Waals surface area contributed by atoms with Crippen LogP contribution < -0.4 is 81.0 Å². The third-order valence-corrected chi connectivity index (χ3v) is 16.9. The summed E-state index contributed by atoms with van der Waals surface area (Å²) in [6.45, 7) is 7.38. The fraction of sp³-hybridized carbons (Fsp3) is 0.621. The van der Waals surface area contributed by atoms with E-state index in [1.165, 1.54) is 31.2 Å². The summed E-state index contributed by atoms with van der Waals surface area (Å²) >= 11 is 24.8. The van der Waals surface area contributed by atoms with Crippen LogP contribution in [0.25, 0.3) is 0 Å². The number of hydrogen-bond acceptors (Lipinski definition) is 24. The normalized spacial score (nSPS) is 16.3. The Morgan fingerprint density at radius 2 is 0.888 bits per heavy atom. The van der Waals surface area contributed by atoms with Gasteiger partial charge in [-0.25, -0.2) is 4.79 Å². The molecular weight excluding hydrogens is 1400 g/mol. The fourth-order valence-electron chi connectivity index (χ4n) is 9.39. The number of carbonyl (C=O) groups is 16. The summed E-state index contributed by atoms with van der Waals surface area (Å²) in [5.74, 6) is -17.3. The number of aromatic hydroxyl groups is 1. The number of carbonyl (C=O) groups excluding carboxylic acids is 15. The average Bonchev–Trinajstić information content (AvgIpc) is 1.64. The molecule has 40 heteroatoms. The highest BCUT2D eigenvalue weighted by Crippen LogP contribution is 2.21. The fourth-order valence-corrected chi connectivity index (χ4v) is 10.8. The van der Waals surface area contributed by atoms with E-state index in [2.05, 4.69) is 140 Å². The third kappa shape index (κ3) is 30.0. The minimum absolute atomic E-state index is 0.00334. The molecule has 0 aliphatic carbocycles. The van der Waals surface area contributed by atoms with Crippen LogP contribution in [-0.4, -0.2) is 236 Å². The van der Waals surface area contributed by atoms with E-state index in [0.29, 0.717) is 5.56 Å². The lowest BCUT2D eigenvalue weighted by Crippen LogP contribution is -2.61. The molecule has 2 rings (SSSR count). The van der Waals surface area contributed by atoms with Crippen LogP contribution in [0.15, 0.2) is 24.3 Å². The first-order valence-corrected chi connectivity index (χ1v) is 34.7. The highest BCUT2D eigenvalue weighted by Gasteiger charge is 2.41. The van der Waals surface area contributed by atoms with Crippen LogP contribution in [0, 0.1) is 11.8 Å². The highest BCUT2D eigenvalue weighted by atomic mass is 32.1. The molecule has 0 spiro atoms. The van der Waals surface area contributed by atoms with Gasteiger partial charge in [0.05, 0.1) is 19.0 Å². The lowest BCUT2D eigenvalue weighted by atomic mass is 10.0. The number of phenolic OH excluding ortho intramolecular Hbond substituents is 1. The molecule has 1 heterocycles. The number of carboxylic acid groups (broad SMARTS) is 1. The van der Waals surface area contributed by atoms with Crippen LogP contribution in [-0.2, 0) is 83.1 Å². The molecule has 98 heavy (non-hydrogen) atoms. The van der Waals surface area contributed by atoms with Gasteiger partial charge in [-0.3, -0.25) is 71.9 Å². The Bertz CT molecular complexity index is 3000. The molecule has 1 aromatic carbocycles. The molecule has 0 unspecified atom stereocenters. The zero-order valence-corrected chi connectivity index (χ0v) is 59.9. The number of likely N-dealkylation sites (tertiary alicyclic amines) is 1. The number of amides is 15. The van der Waals surface area contributed by atoms with E-state index < -0.39 is 198 Å². The minimum atomic E-state index is -1.73. The van der Waals surface area contributed by atoms with Gasteiger partial charge in [-0.05, 0) is 68.6 Å². The maximum Gasteiger partial charge on any atom is 0.326 e. The van der Waals surface area contributed by atoms with Gasteiger partial charge in [-0.1, -0.05) is 39.8 Å². The summed E-state index contributed by atoms with van der Waals surface area (Å²) in [6, 6.07) is -12.6. The van der Waals surface area contributed by atoms with Crippen LogP contribution in [0.5, 0.6) is 5.75 Å². The van der Waals surface area contributed by atoms with Gasteiger partial charge in [0.25, 0.3) is 0 Å².